The molecule has 3 atom stereocenters. The molecule has 3 N–H and O–H groups in total. The van der Waals surface area contributed by atoms with Crippen LogP contribution < -0.4 is 10.6 Å². The van der Waals surface area contributed by atoms with Crippen molar-refractivity contribution in [2.75, 3.05) is 33.0 Å². The van der Waals surface area contributed by atoms with Crippen molar-refractivity contribution in [2.24, 2.45) is 0 Å². The zero-order valence-electron chi connectivity index (χ0n) is 14.9. The zero-order chi connectivity index (χ0) is 18.0. The number of likely N-dealkylation sites (N-methyl/N-ethyl adjacent to an activating group) is 2. The van der Waals surface area contributed by atoms with Gasteiger partial charge in [-0.3, -0.25) is 4.79 Å². The molecule has 3 unspecified atom stereocenters. The number of anilines is 1. The fourth-order valence-corrected chi connectivity index (χ4v) is 3.86. The van der Waals surface area contributed by atoms with Gasteiger partial charge in [-0.05, 0) is 56.5 Å². The van der Waals surface area contributed by atoms with E-state index in [0.29, 0.717) is 5.56 Å². The van der Waals surface area contributed by atoms with Gasteiger partial charge >= 0.3 is 0 Å². The summed E-state index contributed by atoms with van der Waals surface area (Å²) in [5.41, 5.74) is 3.79. The number of carbonyl (C=O) groups is 1. The molecule has 0 saturated heterocycles. The van der Waals surface area contributed by atoms with E-state index in [1.165, 1.54) is 5.56 Å². The number of benzene rings is 2. The molecule has 5 heteroatoms. The van der Waals surface area contributed by atoms with Crippen molar-refractivity contribution >= 4 is 12.0 Å². The van der Waals surface area contributed by atoms with E-state index >= 15 is 0 Å². The van der Waals surface area contributed by atoms with Gasteiger partial charge in [0.25, 0.3) is 0 Å². The topological polar surface area (TPSA) is 64.6 Å². The molecule has 0 aliphatic carbocycles. The Hall–Kier alpha value is -2.37. The fourth-order valence-electron chi connectivity index (χ4n) is 3.86. The molecular weight excluding hydrogens is 314 g/mol. The number of phenols is 1. The van der Waals surface area contributed by atoms with Crippen LogP contribution in [0, 0.1) is 0 Å². The number of carbonyl (C=O) groups excluding carboxylic acids is 1. The van der Waals surface area contributed by atoms with Crippen LogP contribution in [0.3, 0.4) is 0 Å². The Kier molecular flexibility index (Phi) is 5.06. The summed E-state index contributed by atoms with van der Waals surface area (Å²) >= 11 is 0. The summed E-state index contributed by atoms with van der Waals surface area (Å²) in [5.74, 6) is 0.313. The van der Waals surface area contributed by atoms with Gasteiger partial charge in [0.2, 0.25) is 0 Å². The van der Waals surface area contributed by atoms with Crippen molar-refractivity contribution in [3.63, 3.8) is 0 Å². The lowest BCUT2D eigenvalue weighted by Gasteiger charge is -2.31. The molecular formula is C20H25N3O2. The fraction of sp³-hybridized carbons (Fsp3) is 0.350. The van der Waals surface area contributed by atoms with Crippen molar-refractivity contribution in [1.29, 1.82) is 0 Å². The third-order valence-corrected chi connectivity index (χ3v) is 4.86. The van der Waals surface area contributed by atoms with Gasteiger partial charge in [-0.15, -0.1) is 0 Å². The number of rotatable bonds is 6. The van der Waals surface area contributed by atoms with E-state index < -0.39 is 0 Å². The molecule has 0 radical (unpaired) electrons. The second-order valence-corrected chi connectivity index (χ2v) is 6.82. The molecule has 0 saturated carbocycles. The average Bonchev–Trinajstić information content (AvgIpc) is 2.93. The molecule has 0 amide bonds. The van der Waals surface area contributed by atoms with Crippen LogP contribution in [0.5, 0.6) is 5.75 Å². The van der Waals surface area contributed by atoms with E-state index in [1.54, 1.807) is 18.2 Å². The van der Waals surface area contributed by atoms with Gasteiger partial charge in [-0.25, -0.2) is 0 Å². The minimum absolute atomic E-state index is 0.0894. The summed E-state index contributed by atoms with van der Waals surface area (Å²) in [5, 5.41) is 17.0. The predicted molar refractivity (Wildman–Crippen MR) is 100 cm³/mol. The lowest BCUT2D eigenvalue weighted by molar-refractivity contribution is 0.112. The van der Waals surface area contributed by atoms with Gasteiger partial charge in [0, 0.05) is 35.8 Å². The van der Waals surface area contributed by atoms with Gasteiger partial charge in [-0.2, -0.15) is 0 Å². The maximum Gasteiger partial charge on any atom is 0.150 e. The Morgan fingerprint density at radius 1 is 1.28 bits per heavy atom. The first kappa shape index (κ1) is 17.5. The molecule has 0 aromatic heterocycles. The van der Waals surface area contributed by atoms with Crippen LogP contribution in [0.25, 0.3) is 0 Å². The minimum Gasteiger partial charge on any atom is -0.508 e. The van der Waals surface area contributed by atoms with E-state index in [1.807, 2.05) is 19.2 Å². The molecule has 2 aromatic rings. The Morgan fingerprint density at radius 2 is 2.04 bits per heavy atom. The van der Waals surface area contributed by atoms with Crippen molar-refractivity contribution < 1.29 is 9.90 Å². The van der Waals surface area contributed by atoms with Crippen molar-refractivity contribution in [1.82, 2.24) is 10.2 Å². The van der Waals surface area contributed by atoms with E-state index in [0.717, 1.165) is 24.1 Å². The predicted octanol–water partition coefficient (Wildman–Crippen LogP) is 2.60. The zero-order valence-corrected chi connectivity index (χ0v) is 14.9. The number of fused-ring (bicyclic) bond motifs is 1. The lowest BCUT2D eigenvalue weighted by atomic mass is 9.82. The maximum absolute atomic E-state index is 11.5. The lowest BCUT2D eigenvalue weighted by Crippen LogP contribution is -2.38. The Balaban J connectivity index is 2.08. The Morgan fingerprint density at radius 3 is 2.72 bits per heavy atom. The number of phenolic OH excluding ortho intramolecular Hbond substituents is 1. The summed E-state index contributed by atoms with van der Waals surface area (Å²) in [6, 6.07) is 13.3. The number of hydrogen-bond donors (Lipinski definition) is 3. The minimum atomic E-state index is -0.0894. The van der Waals surface area contributed by atoms with Gasteiger partial charge in [-0.1, -0.05) is 18.2 Å². The molecule has 1 aliphatic heterocycles. The molecule has 132 valence electrons. The summed E-state index contributed by atoms with van der Waals surface area (Å²) in [6.07, 6.45) is 0.856. The largest absolute Gasteiger partial charge is 0.508 e. The van der Waals surface area contributed by atoms with Gasteiger partial charge in [0.05, 0.1) is 0 Å². The maximum atomic E-state index is 11.5. The molecule has 25 heavy (non-hydrogen) atoms. The number of aldehydes is 1. The highest BCUT2D eigenvalue weighted by Crippen LogP contribution is 2.44. The molecule has 0 fully saturated rings. The third-order valence-electron chi connectivity index (χ3n) is 4.86. The highest BCUT2D eigenvalue weighted by Gasteiger charge is 2.38. The molecule has 0 spiro atoms. The van der Waals surface area contributed by atoms with E-state index in [2.05, 4.69) is 41.8 Å². The molecule has 1 heterocycles. The van der Waals surface area contributed by atoms with Crippen LogP contribution >= 0.6 is 0 Å². The summed E-state index contributed by atoms with van der Waals surface area (Å²) in [4.78, 5) is 13.7. The molecule has 3 rings (SSSR count). The molecule has 1 aliphatic rings. The SMILES string of the molecule is CNC(c1cc(O)ccc1C=O)C1c2ccccc2NC1CN(C)C. The second-order valence-electron chi connectivity index (χ2n) is 6.82. The molecule has 2 aromatic carbocycles. The summed E-state index contributed by atoms with van der Waals surface area (Å²) in [7, 11) is 6.01. The van der Waals surface area contributed by atoms with Crippen LogP contribution in [0.15, 0.2) is 42.5 Å². The average molecular weight is 339 g/mol. The first-order chi connectivity index (χ1) is 12.0. The standard InChI is InChI=1S/C20H25N3O2/c1-21-20(16-10-14(25)9-8-13(16)12-24)19-15-6-4-5-7-17(15)22-18(19)11-23(2)3/h4-10,12,18-22,25H,11H2,1-3H3. The van der Waals surface area contributed by atoms with Crippen LogP contribution in [-0.2, 0) is 0 Å². The number of nitrogens with zero attached hydrogens (tertiary/aromatic N) is 1. The number of aromatic hydroxyl groups is 1. The van der Waals surface area contributed by atoms with Gasteiger partial charge < -0.3 is 20.6 Å². The third kappa shape index (κ3) is 3.38. The summed E-state index contributed by atoms with van der Waals surface area (Å²) in [6.45, 7) is 0.868. The Bertz CT molecular complexity index is 760. The number of para-hydroxylation sites is 1. The first-order valence-electron chi connectivity index (χ1n) is 8.50. The van der Waals surface area contributed by atoms with E-state index in [9.17, 15) is 9.90 Å². The van der Waals surface area contributed by atoms with E-state index in [4.69, 9.17) is 0 Å². The number of nitrogens with one attached hydrogen (secondary N) is 2. The first-order valence-corrected chi connectivity index (χ1v) is 8.50. The van der Waals surface area contributed by atoms with Crippen LogP contribution in [0.4, 0.5) is 5.69 Å². The second kappa shape index (κ2) is 7.25. The van der Waals surface area contributed by atoms with Crippen molar-refractivity contribution in [3.05, 3.63) is 59.2 Å². The van der Waals surface area contributed by atoms with Crippen LogP contribution in [0.2, 0.25) is 0 Å². The summed E-state index contributed by atoms with van der Waals surface area (Å²) < 4.78 is 0. The smallest absolute Gasteiger partial charge is 0.150 e. The quantitative estimate of drug-likeness (QED) is 0.706. The van der Waals surface area contributed by atoms with Crippen LogP contribution in [0.1, 0.15) is 33.4 Å². The monoisotopic (exact) mass is 339 g/mol. The Labute approximate surface area is 148 Å². The molecule has 0 bridgehead atoms. The van der Waals surface area contributed by atoms with Crippen molar-refractivity contribution in [2.45, 2.75) is 18.0 Å². The van der Waals surface area contributed by atoms with E-state index in [-0.39, 0.29) is 23.8 Å². The van der Waals surface area contributed by atoms with Gasteiger partial charge in [0.15, 0.2) is 0 Å². The van der Waals surface area contributed by atoms with Crippen LogP contribution in [-0.4, -0.2) is 50.0 Å². The highest BCUT2D eigenvalue weighted by molar-refractivity contribution is 5.78. The molecule has 5 nitrogen and oxygen atoms in total. The normalized spacial score (nSPS) is 20.2. The van der Waals surface area contributed by atoms with Crippen molar-refractivity contribution in [3.8, 4) is 5.75 Å². The number of hydrogen-bond acceptors (Lipinski definition) is 5. The highest BCUT2D eigenvalue weighted by atomic mass is 16.3. The van der Waals surface area contributed by atoms with Gasteiger partial charge in [0.1, 0.15) is 12.0 Å².